The maximum absolute atomic E-state index is 14.2. The van der Waals surface area contributed by atoms with Gasteiger partial charge in [-0.1, -0.05) is 0 Å². The van der Waals surface area contributed by atoms with Crippen LogP contribution in [-0.2, 0) is 28.9 Å². The first kappa shape index (κ1) is 19.1. The molecule has 0 unspecified atom stereocenters. The van der Waals surface area contributed by atoms with Crippen LogP contribution in [0.4, 0.5) is 17.6 Å². The standard InChI is InChI=1S/C18H17F4N3O2S/c19-10-6-11(20)17(22)15(16(10)21)9-5-13-12(23-18(28)25(13)8-9)7-14(26)24-1-3-27-4-2-24/h6,9H,1-5,7-8H2,(H,23,28)/t9-/m0/s1. The number of halogens is 4. The number of ether oxygens (including phenoxy) is 1. The third-order valence-electron chi connectivity index (χ3n) is 5.27. The number of hydrogen-bond acceptors (Lipinski definition) is 3. The quantitative estimate of drug-likeness (QED) is 0.477. The molecule has 2 aliphatic heterocycles. The van der Waals surface area contributed by atoms with Gasteiger partial charge in [0, 0.05) is 48.6 Å². The topological polar surface area (TPSA) is 50.3 Å². The predicted molar refractivity (Wildman–Crippen MR) is 93.4 cm³/mol. The van der Waals surface area contributed by atoms with E-state index in [9.17, 15) is 22.4 Å². The Morgan fingerprint density at radius 1 is 1.18 bits per heavy atom. The van der Waals surface area contributed by atoms with Crippen LogP contribution in [0.3, 0.4) is 0 Å². The van der Waals surface area contributed by atoms with E-state index < -0.39 is 34.8 Å². The van der Waals surface area contributed by atoms with Crippen LogP contribution in [0.15, 0.2) is 6.07 Å². The fraction of sp³-hybridized carbons (Fsp3) is 0.444. The molecule has 1 N–H and O–H groups in total. The van der Waals surface area contributed by atoms with E-state index in [1.807, 2.05) is 0 Å². The van der Waals surface area contributed by atoms with Crippen molar-refractivity contribution in [2.24, 2.45) is 0 Å². The Morgan fingerprint density at radius 2 is 1.82 bits per heavy atom. The van der Waals surface area contributed by atoms with Crippen LogP contribution >= 0.6 is 12.2 Å². The summed E-state index contributed by atoms with van der Waals surface area (Å²) in [6.07, 6.45) is 0.177. The van der Waals surface area contributed by atoms with Crippen molar-refractivity contribution < 1.29 is 27.1 Å². The Balaban J connectivity index is 1.60. The Labute approximate surface area is 162 Å². The van der Waals surface area contributed by atoms with E-state index in [2.05, 4.69) is 4.98 Å². The number of H-pyrrole nitrogens is 1. The normalized spacial score (nSPS) is 19.1. The van der Waals surface area contributed by atoms with Crippen molar-refractivity contribution in [2.75, 3.05) is 26.3 Å². The van der Waals surface area contributed by atoms with Crippen LogP contribution in [0.25, 0.3) is 0 Å². The van der Waals surface area contributed by atoms with Crippen LogP contribution in [0.1, 0.15) is 22.9 Å². The van der Waals surface area contributed by atoms with Crippen LogP contribution in [-0.4, -0.2) is 46.7 Å². The van der Waals surface area contributed by atoms with Gasteiger partial charge in [0.1, 0.15) is 0 Å². The molecular weight excluding hydrogens is 398 g/mol. The SMILES string of the molecule is O=C(Cc1[nH]c(=S)n2c1C[C@H](c1c(F)c(F)cc(F)c1F)C2)N1CCOCC1. The smallest absolute Gasteiger partial charge is 0.228 e. The van der Waals surface area contributed by atoms with Gasteiger partial charge in [0.15, 0.2) is 28.0 Å². The van der Waals surface area contributed by atoms with Gasteiger partial charge in [0.05, 0.1) is 19.6 Å². The number of imidazole rings is 1. The van der Waals surface area contributed by atoms with Gasteiger partial charge in [-0.15, -0.1) is 0 Å². The van der Waals surface area contributed by atoms with Crippen LogP contribution in [0, 0.1) is 28.0 Å². The number of fused-ring (bicyclic) bond motifs is 1. The van der Waals surface area contributed by atoms with Crippen molar-refractivity contribution in [2.45, 2.75) is 25.3 Å². The van der Waals surface area contributed by atoms with Gasteiger partial charge in [-0.2, -0.15) is 0 Å². The minimum atomic E-state index is -1.43. The fourth-order valence-electron chi connectivity index (χ4n) is 3.86. The number of rotatable bonds is 3. The van der Waals surface area contributed by atoms with Gasteiger partial charge in [0.2, 0.25) is 5.91 Å². The Hall–Kier alpha value is -2.20. The first-order chi connectivity index (χ1) is 13.4. The lowest BCUT2D eigenvalue weighted by Crippen LogP contribution is -2.41. The molecule has 10 heteroatoms. The second-order valence-corrected chi connectivity index (χ2v) is 7.31. The number of carbonyl (C=O) groups excluding carboxylic acids is 1. The first-order valence-electron chi connectivity index (χ1n) is 8.85. The molecule has 1 saturated heterocycles. The number of aromatic amines is 1. The van der Waals surface area contributed by atoms with Gasteiger partial charge < -0.3 is 19.2 Å². The summed E-state index contributed by atoms with van der Waals surface area (Å²) in [6, 6.07) is 0.197. The van der Waals surface area contributed by atoms with Crippen LogP contribution in [0.2, 0.25) is 0 Å². The molecule has 5 nitrogen and oxygen atoms in total. The number of carbonyl (C=O) groups is 1. The van der Waals surface area contributed by atoms with Crippen molar-refractivity contribution >= 4 is 18.1 Å². The van der Waals surface area contributed by atoms with E-state index >= 15 is 0 Å². The minimum absolute atomic E-state index is 0.0567. The molecular formula is C18H17F4N3O2S. The zero-order chi connectivity index (χ0) is 20.0. The van der Waals surface area contributed by atoms with E-state index in [1.165, 1.54) is 0 Å². The summed E-state index contributed by atoms with van der Waals surface area (Å²) >= 11 is 5.26. The van der Waals surface area contributed by atoms with E-state index in [0.29, 0.717) is 42.5 Å². The summed E-state index contributed by atoms with van der Waals surface area (Å²) in [5, 5.41) is 0. The predicted octanol–water partition coefficient (Wildman–Crippen LogP) is 2.84. The molecule has 1 aromatic heterocycles. The maximum atomic E-state index is 14.2. The largest absolute Gasteiger partial charge is 0.378 e. The molecule has 0 radical (unpaired) electrons. The van der Waals surface area contributed by atoms with E-state index in [1.54, 1.807) is 9.47 Å². The fourth-order valence-corrected chi connectivity index (χ4v) is 4.17. The summed E-state index contributed by atoms with van der Waals surface area (Å²) in [6.45, 7) is 2.02. The van der Waals surface area contributed by atoms with Crippen molar-refractivity contribution in [1.82, 2.24) is 14.5 Å². The molecule has 3 heterocycles. The highest BCUT2D eigenvalue weighted by atomic mass is 32.1. The summed E-state index contributed by atoms with van der Waals surface area (Å²) in [5.41, 5.74) is 0.558. The molecule has 1 fully saturated rings. The zero-order valence-electron chi connectivity index (χ0n) is 14.7. The average molecular weight is 415 g/mol. The highest BCUT2D eigenvalue weighted by Gasteiger charge is 2.34. The number of amides is 1. The molecule has 1 aromatic carbocycles. The van der Waals surface area contributed by atoms with Crippen molar-refractivity contribution in [1.29, 1.82) is 0 Å². The molecule has 1 atom stereocenters. The molecule has 0 bridgehead atoms. The summed E-state index contributed by atoms with van der Waals surface area (Å²) in [4.78, 5) is 17.2. The number of benzene rings is 1. The molecule has 2 aromatic rings. The molecule has 4 rings (SSSR count). The molecule has 0 saturated carbocycles. The molecule has 2 aliphatic rings. The lowest BCUT2D eigenvalue weighted by molar-refractivity contribution is -0.134. The molecule has 28 heavy (non-hydrogen) atoms. The van der Waals surface area contributed by atoms with Gasteiger partial charge >= 0.3 is 0 Å². The van der Waals surface area contributed by atoms with Gasteiger partial charge in [-0.05, 0) is 18.6 Å². The van der Waals surface area contributed by atoms with Gasteiger partial charge in [-0.3, -0.25) is 4.79 Å². The Morgan fingerprint density at radius 3 is 2.46 bits per heavy atom. The highest BCUT2D eigenvalue weighted by molar-refractivity contribution is 7.71. The highest BCUT2D eigenvalue weighted by Crippen LogP contribution is 2.36. The van der Waals surface area contributed by atoms with Gasteiger partial charge in [0.25, 0.3) is 0 Å². The number of morpholine rings is 1. The minimum Gasteiger partial charge on any atom is -0.378 e. The number of aromatic nitrogens is 2. The van der Waals surface area contributed by atoms with E-state index in [4.69, 9.17) is 17.0 Å². The van der Waals surface area contributed by atoms with Crippen molar-refractivity contribution in [3.63, 3.8) is 0 Å². The maximum Gasteiger partial charge on any atom is 0.228 e. The van der Waals surface area contributed by atoms with E-state index in [-0.39, 0.29) is 31.4 Å². The average Bonchev–Trinajstić information content (AvgIpc) is 3.22. The number of nitrogens with one attached hydrogen (secondary N) is 1. The van der Waals surface area contributed by atoms with Gasteiger partial charge in [-0.25, -0.2) is 17.6 Å². The zero-order valence-corrected chi connectivity index (χ0v) is 15.6. The van der Waals surface area contributed by atoms with Crippen molar-refractivity contribution in [3.05, 3.63) is 51.1 Å². The van der Waals surface area contributed by atoms with Crippen LogP contribution in [0.5, 0.6) is 0 Å². The molecule has 150 valence electrons. The second-order valence-electron chi connectivity index (χ2n) is 6.92. The third-order valence-corrected chi connectivity index (χ3v) is 5.59. The lowest BCUT2D eigenvalue weighted by atomic mass is 9.94. The lowest BCUT2D eigenvalue weighted by Gasteiger charge is -2.26. The Kier molecular flexibility index (Phi) is 5.00. The Bertz CT molecular complexity index is 971. The third kappa shape index (κ3) is 3.24. The summed E-state index contributed by atoms with van der Waals surface area (Å²) in [5.74, 6) is -6.57. The summed E-state index contributed by atoms with van der Waals surface area (Å²) in [7, 11) is 0. The molecule has 0 spiro atoms. The summed E-state index contributed by atoms with van der Waals surface area (Å²) < 4.78 is 62.7. The second kappa shape index (κ2) is 7.32. The number of nitrogens with zero attached hydrogens (tertiary/aromatic N) is 2. The molecule has 0 aliphatic carbocycles. The monoisotopic (exact) mass is 415 g/mol. The number of hydrogen-bond donors (Lipinski definition) is 1. The van der Waals surface area contributed by atoms with Crippen molar-refractivity contribution in [3.8, 4) is 0 Å². The van der Waals surface area contributed by atoms with E-state index in [0.717, 1.165) is 0 Å². The van der Waals surface area contributed by atoms with Crippen LogP contribution < -0.4 is 0 Å². The first-order valence-corrected chi connectivity index (χ1v) is 9.26. The molecule has 1 amide bonds.